The van der Waals surface area contributed by atoms with E-state index in [1.807, 2.05) is 31.2 Å². The van der Waals surface area contributed by atoms with Crippen LogP contribution in [0.15, 0.2) is 41.2 Å². The number of hydrogen-bond acceptors (Lipinski definition) is 2. The van der Waals surface area contributed by atoms with Crippen LogP contribution in [-0.2, 0) is 4.79 Å². The van der Waals surface area contributed by atoms with E-state index in [2.05, 4.69) is 17.2 Å². The van der Waals surface area contributed by atoms with Gasteiger partial charge >= 0.3 is 0 Å². The molecule has 17 heavy (non-hydrogen) atoms. The van der Waals surface area contributed by atoms with Crippen LogP contribution in [0.2, 0.25) is 0 Å². The van der Waals surface area contributed by atoms with E-state index in [0.717, 1.165) is 35.4 Å². The maximum Gasteiger partial charge on any atom is 0.251 e. The molecule has 0 unspecified atom stereocenters. The van der Waals surface area contributed by atoms with Gasteiger partial charge < -0.3 is 5.32 Å². The molecule has 0 radical (unpaired) electrons. The minimum atomic E-state index is 0.0338. The van der Waals surface area contributed by atoms with E-state index in [4.69, 9.17) is 0 Å². The molecule has 3 nitrogen and oxygen atoms in total. The molecule has 1 amide bonds. The summed E-state index contributed by atoms with van der Waals surface area (Å²) in [5.74, 6) is 0.0338. The number of pyridine rings is 1. The van der Waals surface area contributed by atoms with Crippen LogP contribution in [0.25, 0.3) is 6.08 Å². The zero-order valence-corrected chi connectivity index (χ0v) is 10.2. The van der Waals surface area contributed by atoms with Crippen LogP contribution in [0.1, 0.15) is 32.4 Å². The Kier molecular flexibility index (Phi) is 3.38. The predicted octanol–water partition coefficient (Wildman–Crippen LogP) is 2.67. The fourth-order valence-corrected chi connectivity index (χ4v) is 2.08. The smallest absolute Gasteiger partial charge is 0.251 e. The Bertz CT molecular complexity index is 486. The summed E-state index contributed by atoms with van der Waals surface area (Å²) in [5.41, 5.74) is 3.77. The quantitative estimate of drug-likeness (QED) is 0.864. The molecule has 3 heteroatoms. The Morgan fingerprint density at radius 2 is 2.00 bits per heavy atom. The molecular weight excluding hydrogens is 212 g/mol. The van der Waals surface area contributed by atoms with Gasteiger partial charge in [-0.15, -0.1) is 0 Å². The molecule has 0 spiro atoms. The van der Waals surface area contributed by atoms with Gasteiger partial charge in [-0.3, -0.25) is 9.78 Å². The minimum absolute atomic E-state index is 0.0338. The molecule has 1 aliphatic rings. The van der Waals surface area contributed by atoms with Crippen LogP contribution in [0.3, 0.4) is 0 Å². The molecular formula is C14H16N2O. The van der Waals surface area contributed by atoms with Gasteiger partial charge in [-0.1, -0.05) is 19.9 Å². The van der Waals surface area contributed by atoms with E-state index in [9.17, 15) is 4.79 Å². The van der Waals surface area contributed by atoms with Crippen molar-refractivity contribution in [3.05, 3.63) is 46.9 Å². The van der Waals surface area contributed by atoms with Gasteiger partial charge in [0.1, 0.15) is 0 Å². The number of amides is 1. The molecule has 0 bridgehead atoms. The lowest BCUT2D eigenvalue weighted by atomic mass is 10.0. The Morgan fingerprint density at radius 1 is 1.24 bits per heavy atom. The number of carbonyl (C=O) groups is 1. The number of allylic oxidation sites excluding steroid dienone is 1. The van der Waals surface area contributed by atoms with Gasteiger partial charge in [0.05, 0.1) is 5.69 Å². The molecule has 2 heterocycles. The highest BCUT2D eigenvalue weighted by Gasteiger charge is 2.24. The zero-order valence-electron chi connectivity index (χ0n) is 10.2. The molecule has 1 aliphatic heterocycles. The molecule has 88 valence electrons. The molecule has 0 atom stereocenters. The van der Waals surface area contributed by atoms with Crippen LogP contribution >= 0.6 is 0 Å². The molecule has 1 aromatic rings. The molecule has 0 saturated carbocycles. The van der Waals surface area contributed by atoms with Crippen molar-refractivity contribution in [2.75, 3.05) is 0 Å². The van der Waals surface area contributed by atoms with Crippen LogP contribution in [0.4, 0.5) is 0 Å². The summed E-state index contributed by atoms with van der Waals surface area (Å²) in [6, 6.07) is 5.74. The van der Waals surface area contributed by atoms with Gasteiger partial charge in [-0.25, -0.2) is 0 Å². The van der Waals surface area contributed by atoms with E-state index < -0.39 is 0 Å². The summed E-state index contributed by atoms with van der Waals surface area (Å²) in [4.78, 5) is 16.0. The fraction of sp³-hybridized carbons (Fsp3) is 0.286. The lowest BCUT2D eigenvalue weighted by molar-refractivity contribution is -0.116. The van der Waals surface area contributed by atoms with Crippen LogP contribution in [0.5, 0.6) is 0 Å². The molecule has 0 aromatic carbocycles. The monoisotopic (exact) mass is 228 g/mol. The highest BCUT2D eigenvalue weighted by molar-refractivity contribution is 6.01. The first-order valence-corrected chi connectivity index (χ1v) is 5.92. The number of rotatable bonds is 3. The predicted molar refractivity (Wildman–Crippen MR) is 68.0 cm³/mol. The lowest BCUT2D eigenvalue weighted by Gasteiger charge is -2.02. The largest absolute Gasteiger partial charge is 0.322 e. The van der Waals surface area contributed by atoms with E-state index >= 15 is 0 Å². The van der Waals surface area contributed by atoms with Crippen molar-refractivity contribution in [1.82, 2.24) is 10.3 Å². The SMILES string of the molecule is CCC1=C(CC)C(=Cc2ccccn2)NC1=O. The number of hydrogen-bond donors (Lipinski definition) is 1. The van der Waals surface area contributed by atoms with Crippen molar-refractivity contribution in [2.45, 2.75) is 26.7 Å². The van der Waals surface area contributed by atoms with Gasteiger partial charge in [0.25, 0.3) is 5.91 Å². The van der Waals surface area contributed by atoms with Crippen molar-refractivity contribution in [2.24, 2.45) is 0 Å². The van der Waals surface area contributed by atoms with Gasteiger partial charge in [0.2, 0.25) is 0 Å². The summed E-state index contributed by atoms with van der Waals surface area (Å²) in [6.07, 6.45) is 5.31. The standard InChI is InChI=1S/C14H16N2O/c1-3-11-12(4-2)14(17)16-13(11)9-10-7-5-6-8-15-10/h5-9H,3-4H2,1-2H3,(H,16,17). The van der Waals surface area contributed by atoms with Crippen molar-refractivity contribution in [3.8, 4) is 0 Å². The van der Waals surface area contributed by atoms with E-state index in [1.54, 1.807) is 6.20 Å². The number of aromatic nitrogens is 1. The number of nitrogens with zero attached hydrogens (tertiary/aromatic N) is 1. The molecule has 1 N–H and O–H groups in total. The summed E-state index contributed by atoms with van der Waals surface area (Å²) < 4.78 is 0. The summed E-state index contributed by atoms with van der Waals surface area (Å²) in [7, 11) is 0. The first kappa shape index (κ1) is 11.6. The first-order valence-electron chi connectivity index (χ1n) is 5.92. The number of nitrogens with one attached hydrogen (secondary N) is 1. The van der Waals surface area contributed by atoms with Crippen LogP contribution in [-0.4, -0.2) is 10.9 Å². The highest BCUT2D eigenvalue weighted by Crippen LogP contribution is 2.26. The van der Waals surface area contributed by atoms with Crippen LogP contribution < -0.4 is 5.32 Å². The molecule has 0 fully saturated rings. The molecule has 0 saturated heterocycles. The molecule has 1 aromatic heterocycles. The highest BCUT2D eigenvalue weighted by atomic mass is 16.1. The molecule has 2 rings (SSSR count). The zero-order chi connectivity index (χ0) is 12.3. The Balaban J connectivity index is 2.38. The van der Waals surface area contributed by atoms with Crippen molar-refractivity contribution >= 4 is 12.0 Å². The third-order valence-corrected chi connectivity index (χ3v) is 2.90. The second-order valence-electron chi connectivity index (χ2n) is 3.93. The first-order chi connectivity index (χ1) is 8.26. The minimum Gasteiger partial charge on any atom is -0.322 e. The van der Waals surface area contributed by atoms with E-state index in [1.165, 1.54) is 0 Å². The van der Waals surface area contributed by atoms with Gasteiger partial charge in [-0.05, 0) is 36.6 Å². The third-order valence-electron chi connectivity index (χ3n) is 2.90. The third kappa shape index (κ3) is 2.28. The normalized spacial score (nSPS) is 17.8. The maximum absolute atomic E-state index is 11.7. The Hall–Kier alpha value is -1.90. The average Bonchev–Trinajstić information content (AvgIpc) is 2.65. The van der Waals surface area contributed by atoms with Gasteiger partial charge in [-0.2, -0.15) is 0 Å². The van der Waals surface area contributed by atoms with E-state index in [0.29, 0.717) is 0 Å². The second-order valence-corrected chi connectivity index (χ2v) is 3.93. The number of carbonyl (C=O) groups excluding carboxylic acids is 1. The van der Waals surface area contributed by atoms with Crippen molar-refractivity contribution in [3.63, 3.8) is 0 Å². The average molecular weight is 228 g/mol. The second kappa shape index (κ2) is 4.95. The van der Waals surface area contributed by atoms with Gasteiger partial charge in [0, 0.05) is 17.5 Å². The summed E-state index contributed by atoms with van der Waals surface area (Å²) >= 11 is 0. The maximum atomic E-state index is 11.7. The van der Waals surface area contributed by atoms with Gasteiger partial charge in [0.15, 0.2) is 0 Å². The van der Waals surface area contributed by atoms with Crippen LogP contribution in [0, 0.1) is 0 Å². The van der Waals surface area contributed by atoms with Crippen molar-refractivity contribution < 1.29 is 4.79 Å². The lowest BCUT2D eigenvalue weighted by Crippen LogP contribution is -2.16. The van der Waals surface area contributed by atoms with Crippen molar-refractivity contribution in [1.29, 1.82) is 0 Å². The van der Waals surface area contributed by atoms with E-state index in [-0.39, 0.29) is 5.91 Å². The summed E-state index contributed by atoms with van der Waals surface area (Å²) in [5, 5.41) is 2.91. The molecule has 0 aliphatic carbocycles. The topological polar surface area (TPSA) is 42.0 Å². The Labute approximate surface area is 101 Å². The summed E-state index contributed by atoms with van der Waals surface area (Å²) in [6.45, 7) is 4.08. The fourth-order valence-electron chi connectivity index (χ4n) is 2.08. The Morgan fingerprint density at radius 3 is 2.59 bits per heavy atom.